The van der Waals surface area contributed by atoms with E-state index in [1.54, 1.807) is 6.20 Å². The lowest BCUT2D eigenvalue weighted by Gasteiger charge is -2.33. The van der Waals surface area contributed by atoms with Crippen LogP contribution >= 0.6 is 0 Å². The van der Waals surface area contributed by atoms with Crippen LogP contribution in [0, 0.1) is 5.41 Å². The summed E-state index contributed by atoms with van der Waals surface area (Å²) in [6.07, 6.45) is 2.29. The zero-order valence-electron chi connectivity index (χ0n) is 17.5. The number of carbonyl (C=O) groups is 2. The van der Waals surface area contributed by atoms with Crippen LogP contribution in [0.1, 0.15) is 19.0 Å². The molecule has 158 valence electrons. The quantitative estimate of drug-likeness (QED) is 0.846. The van der Waals surface area contributed by atoms with E-state index in [2.05, 4.69) is 15.2 Å². The standard InChI is InChI=1S/C23H29N5O2/c1-2-27-17-23(14-21(27)29)16-26(15-20-10-6-7-11-24-20)12-13-28(18-23)22(30)25-19-8-4-3-5-9-19/h3-11H,2,12-18H2,1H3,(H,25,30). The van der Waals surface area contributed by atoms with Gasteiger partial charge in [-0.1, -0.05) is 24.3 Å². The van der Waals surface area contributed by atoms with Crippen molar-refractivity contribution in [3.63, 3.8) is 0 Å². The largest absolute Gasteiger partial charge is 0.342 e. The maximum Gasteiger partial charge on any atom is 0.321 e. The summed E-state index contributed by atoms with van der Waals surface area (Å²) >= 11 is 0. The number of likely N-dealkylation sites (tertiary alicyclic amines) is 1. The predicted molar refractivity (Wildman–Crippen MR) is 116 cm³/mol. The molecule has 4 rings (SSSR count). The van der Waals surface area contributed by atoms with Crippen LogP contribution in [0.25, 0.3) is 0 Å². The number of urea groups is 1. The van der Waals surface area contributed by atoms with E-state index in [1.807, 2.05) is 65.3 Å². The molecule has 2 fully saturated rings. The van der Waals surface area contributed by atoms with Gasteiger partial charge in [0.2, 0.25) is 5.91 Å². The zero-order valence-corrected chi connectivity index (χ0v) is 17.5. The smallest absolute Gasteiger partial charge is 0.321 e. The lowest BCUT2D eigenvalue weighted by atomic mass is 9.86. The third-order valence-electron chi connectivity index (χ3n) is 5.98. The van der Waals surface area contributed by atoms with Crippen LogP contribution in [0.2, 0.25) is 0 Å². The number of amides is 3. The fraction of sp³-hybridized carbons (Fsp3) is 0.435. The fourth-order valence-corrected chi connectivity index (χ4v) is 4.58. The molecule has 30 heavy (non-hydrogen) atoms. The van der Waals surface area contributed by atoms with Gasteiger partial charge in [-0.25, -0.2) is 4.79 Å². The summed E-state index contributed by atoms with van der Waals surface area (Å²) in [4.78, 5) is 36.2. The van der Waals surface area contributed by atoms with Gasteiger partial charge in [0.15, 0.2) is 0 Å². The molecule has 0 saturated carbocycles. The Labute approximate surface area is 177 Å². The summed E-state index contributed by atoms with van der Waals surface area (Å²) in [5, 5.41) is 3.00. The molecule has 1 unspecified atom stereocenters. The summed E-state index contributed by atoms with van der Waals surface area (Å²) in [6, 6.07) is 15.3. The molecule has 7 nitrogen and oxygen atoms in total. The number of hydrogen-bond donors (Lipinski definition) is 1. The highest BCUT2D eigenvalue weighted by Gasteiger charge is 2.46. The van der Waals surface area contributed by atoms with Crippen molar-refractivity contribution in [2.75, 3.05) is 44.6 Å². The van der Waals surface area contributed by atoms with E-state index in [1.165, 1.54) is 0 Å². The van der Waals surface area contributed by atoms with Gasteiger partial charge in [-0.05, 0) is 31.2 Å². The first kappa shape index (κ1) is 20.3. The number of aromatic nitrogens is 1. The van der Waals surface area contributed by atoms with Crippen molar-refractivity contribution < 1.29 is 9.59 Å². The van der Waals surface area contributed by atoms with Crippen LogP contribution in [0.3, 0.4) is 0 Å². The van der Waals surface area contributed by atoms with E-state index in [0.29, 0.717) is 32.6 Å². The van der Waals surface area contributed by atoms with E-state index in [-0.39, 0.29) is 17.4 Å². The van der Waals surface area contributed by atoms with Crippen molar-refractivity contribution in [2.24, 2.45) is 5.41 Å². The highest BCUT2D eigenvalue weighted by molar-refractivity contribution is 5.89. The molecule has 3 amide bonds. The second kappa shape index (κ2) is 8.83. The third-order valence-corrected chi connectivity index (χ3v) is 5.98. The van der Waals surface area contributed by atoms with Gasteiger partial charge in [-0.2, -0.15) is 0 Å². The minimum absolute atomic E-state index is 0.109. The summed E-state index contributed by atoms with van der Waals surface area (Å²) in [6.45, 7) is 6.85. The number of carbonyl (C=O) groups excluding carboxylic acids is 2. The Bertz CT molecular complexity index is 876. The third kappa shape index (κ3) is 4.62. The Morgan fingerprint density at radius 1 is 1.07 bits per heavy atom. The topological polar surface area (TPSA) is 68.8 Å². The second-order valence-electron chi connectivity index (χ2n) is 8.33. The Kier molecular flexibility index (Phi) is 5.99. The van der Waals surface area contributed by atoms with Crippen LogP contribution in [-0.2, 0) is 11.3 Å². The van der Waals surface area contributed by atoms with Gasteiger partial charge in [0.05, 0.1) is 5.69 Å². The Balaban J connectivity index is 1.53. The Morgan fingerprint density at radius 2 is 1.87 bits per heavy atom. The molecule has 3 heterocycles. The molecule has 0 radical (unpaired) electrons. The number of nitrogens with one attached hydrogen (secondary N) is 1. The Hall–Kier alpha value is -2.93. The molecule has 0 bridgehead atoms. The van der Waals surface area contributed by atoms with Gasteiger partial charge in [0.1, 0.15) is 0 Å². The van der Waals surface area contributed by atoms with Crippen LogP contribution in [0.15, 0.2) is 54.7 Å². The molecule has 2 saturated heterocycles. The van der Waals surface area contributed by atoms with E-state index >= 15 is 0 Å². The van der Waals surface area contributed by atoms with Gasteiger partial charge in [-0.3, -0.25) is 14.7 Å². The summed E-state index contributed by atoms with van der Waals surface area (Å²) in [5.74, 6) is 0.181. The normalized spacial score (nSPS) is 22.4. The minimum Gasteiger partial charge on any atom is -0.342 e. The van der Waals surface area contributed by atoms with Gasteiger partial charge in [0, 0.05) is 69.5 Å². The Morgan fingerprint density at radius 3 is 2.57 bits per heavy atom. The van der Waals surface area contributed by atoms with Gasteiger partial charge >= 0.3 is 6.03 Å². The summed E-state index contributed by atoms with van der Waals surface area (Å²) in [7, 11) is 0. The van der Waals surface area contributed by atoms with E-state index < -0.39 is 0 Å². The number of benzene rings is 1. The van der Waals surface area contributed by atoms with Crippen molar-refractivity contribution in [1.29, 1.82) is 0 Å². The number of para-hydroxylation sites is 1. The van der Waals surface area contributed by atoms with Crippen molar-refractivity contribution in [3.05, 3.63) is 60.4 Å². The molecule has 2 aliphatic rings. The van der Waals surface area contributed by atoms with Gasteiger partial charge in [-0.15, -0.1) is 0 Å². The first-order valence-corrected chi connectivity index (χ1v) is 10.6. The average molecular weight is 408 g/mol. The molecular formula is C23H29N5O2. The maximum atomic E-state index is 13.0. The highest BCUT2D eigenvalue weighted by Crippen LogP contribution is 2.35. The fourth-order valence-electron chi connectivity index (χ4n) is 4.58. The minimum atomic E-state index is -0.258. The van der Waals surface area contributed by atoms with Gasteiger partial charge in [0.25, 0.3) is 0 Å². The van der Waals surface area contributed by atoms with Crippen molar-refractivity contribution in [3.8, 4) is 0 Å². The number of hydrogen-bond acceptors (Lipinski definition) is 4. The molecule has 1 aromatic carbocycles. The van der Waals surface area contributed by atoms with Crippen molar-refractivity contribution >= 4 is 17.6 Å². The second-order valence-corrected chi connectivity index (χ2v) is 8.33. The summed E-state index contributed by atoms with van der Waals surface area (Å²) in [5.41, 5.74) is 1.53. The number of anilines is 1. The molecule has 7 heteroatoms. The van der Waals surface area contributed by atoms with Crippen LogP contribution in [0.5, 0.6) is 0 Å². The van der Waals surface area contributed by atoms with E-state index in [4.69, 9.17) is 0 Å². The predicted octanol–water partition coefficient (Wildman–Crippen LogP) is 2.67. The molecule has 2 aliphatic heterocycles. The van der Waals surface area contributed by atoms with Crippen LogP contribution in [0.4, 0.5) is 10.5 Å². The monoisotopic (exact) mass is 407 g/mol. The molecule has 0 aliphatic carbocycles. The number of rotatable bonds is 4. The number of pyridine rings is 1. The molecule has 1 atom stereocenters. The van der Waals surface area contributed by atoms with Crippen LogP contribution < -0.4 is 5.32 Å². The SMILES string of the molecule is CCN1CC2(CC1=O)CN(Cc1ccccn1)CCN(C(=O)Nc1ccccc1)C2. The van der Waals surface area contributed by atoms with Crippen molar-refractivity contribution in [1.82, 2.24) is 19.7 Å². The highest BCUT2D eigenvalue weighted by atomic mass is 16.2. The first-order chi connectivity index (χ1) is 14.6. The molecule has 2 aromatic rings. The molecular weight excluding hydrogens is 378 g/mol. The van der Waals surface area contributed by atoms with Gasteiger partial charge < -0.3 is 15.1 Å². The number of nitrogens with zero attached hydrogens (tertiary/aromatic N) is 4. The molecule has 1 spiro atoms. The van der Waals surface area contributed by atoms with Crippen molar-refractivity contribution in [2.45, 2.75) is 19.9 Å². The van der Waals surface area contributed by atoms with E-state index in [9.17, 15) is 9.59 Å². The molecule has 1 aromatic heterocycles. The average Bonchev–Trinajstić information content (AvgIpc) is 2.95. The lowest BCUT2D eigenvalue weighted by Crippen LogP contribution is -2.45. The summed E-state index contributed by atoms with van der Waals surface area (Å²) < 4.78 is 0. The molecule has 1 N–H and O–H groups in total. The van der Waals surface area contributed by atoms with Crippen LogP contribution in [-0.4, -0.2) is 70.9 Å². The first-order valence-electron chi connectivity index (χ1n) is 10.6. The van der Waals surface area contributed by atoms with E-state index in [0.717, 1.165) is 31.0 Å². The zero-order chi connectivity index (χ0) is 21.0. The maximum absolute atomic E-state index is 13.0. The lowest BCUT2D eigenvalue weighted by molar-refractivity contribution is -0.127.